The molecule has 12 nitrogen and oxygen atoms in total. The minimum atomic E-state index is -1.10. The standard InChI is InChI=1S/C31H34ClFN6O6/c1-43-30(41)28(31(42)44-2)39-12-10-38(11-13-39)9-3-4-27(40)37-25-15-21-24(16-26(25)45-17-19-5-6-19)34-18-35-29(21)36-20-7-8-23(33)22(32)14-20/h3-4,7-8,14-16,18-19,28H,5-6,9-13,17H2,1-2H3,(H,37,40)(H,34,35,36)/b4-3+. The molecule has 1 aliphatic heterocycles. The van der Waals surface area contributed by atoms with Gasteiger partial charge >= 0.3 is 11.9 Å². The number of nitrogens with one attached hydrogen (secondary N) is 2. The van der Waals surface area contributed by atoms with E-state index >= 15 is 0 Å². The van der Waals surface area contributed by atoms with Crippen LogP contribution in [0.15, 0.2) is 48.8 Å². The van der Waals surface area contributed by atoms with Crippen molar-refractivity contribution in [1.29, 1.82) is 0 Å². The predicted molar refractivity (Wildman–Crippen MR) is 166 cm³/mol. The topological polar surface area (TPSA) is 135 Å². The smallest absolute Gasteiger partial charge is 0.334 e. The van der Waals surface area contributed by atoms with E-state index in [9.17, 15) is 18.8 Å². The van der Waals surface area contributed by atoms with Gasteiger partial charge in [0.2, 0.25) is 11.9 Å². The number of rotatable bonds is 12. The lowest BCUT2D eigenvalue weighted by Gasteiger charge is -2.36. The number of hydrogen-bond acceptors (Lipinski definition) is 11. The summed E-state index contributed by atoms with van der Waals surface area (Å²) in [5, 5.41) is 6.65. The van der Waals surface area contributed by atoms with Crippen molar-refractivity contribution in [2.75, 3.05) is 64.2 Å². The number of fused-ring (bicyclic) bond motifs is 1. The third-order valence-electron chi connectivity index (χ3n) is 7.60. The number of halogens is 2. The van der Waals surface area contributed by atoms with Crippen LogP contribution in [-0.4, -0.2) is 97.2 Å². The molecule has 0 bridgehead atoms. The molecule has 1 aromatic heterocycles. The molecule has 14 heteroatoms. The minimum Gasteiger partial charge on any atom is -0.491 e. The first-order valence-corrected chi connectivity index (χ1v) is 14.9. The van der Waals surface area contributed by atoms with Crippen LogP contribution in [-0.2, 0) is 23.9 Å². The van der Waals surface area contributed by atoms with E-state index in [0.29, 0.717) is 79.1 Å². The number of esters is 2. The number of aromatic nitrogens is 2. The number of piperazine rings is 1. The van der Waals surface area contributed by atoms with Gasteiger partial charge in [-0.2, -0.15) is 0 Å². The average molecular weight is 641 g/mol. The zero-order valence-corrected chi connectivity index (χ0v) is 25.7. The van der Waals surface area contributed by atoms with E-state index in [1.54, 1.807) is 29.2 Å². The number of carbonyl (C=O) groups is 3. The number of hydrogen-bond donors (Lipinski definition) is 2. The minimum absolute atomic E-state index is 0.0256. The molecule has 1 saturated carbocycles. The van der Waals surface area contributed by atoms with Crippen molar-refractivity contribution in [2.45, 2.75) is 18.9 Å². The molecule has 5 rings (SSSR count). The molecule has 2 heterocycles. The highest BCUT2D eigenvalue weighted by molar-refractivity contribution is 6.31. The fourth-order valence-corrected chi connectivity index (χ4v) is 5.09. The maximum atomic E-state index is 13.7. The Kier molecular flexibility index (Phi) is 10.4. The number of methoxy groups -OCH3 is 2. The monoisotopic (exact) mass is 640 g/mol. The number of amides is 1. The fourth-order valence-electron chi connectivity index (χ4n) is 4.91. The molecule has 0 radical (unpaired) electrons. The van der Waals surface area contributed by atoms with Crippen LogP contribution in [0, 0.1) is 11.7 Å². The molecule has 1 amide bonds. The van der Waals surface area contributed by atoms with Gasteiger partial charge in [-0.15, -0.1) is 0 Å². The quantitative estimate of drug-likeness (QED) is 0.170. The molecule has 2 aromatic carbocycles. The van der Waals surface area contributed by atoms with Gasteiger partial charge in [0.05, 0.1) is 37.1 Å². The van der Waals surface area contributed by atoms with Gasteiger partial charge in [0.1, 0.15) is 23.7 Å². The van der Waals surface area contributed by atoms with Gasteiger partial charge in [-0.25, -0.2) is 23.9 Å². The summed E-state index contributed by atoms with van der Waals surface area (Å²) >= 11 is 5.95. The van der Waals surface area contributed by atoms with E-state index in [1.807, 2.05) is 0 Å². The zero-order valence-electron chi connectivity index (χ0n) is 24.9. The summed E-state index contributed by atoms with van der Waals surface area (Å²) in [6.45, 7) is 3.09. The maximum absolute atomic E-state index is 13.7. The molecular formula is C31H34ClFN6O6. The second-order valence-electron chi connectivity index (χ2n) is 10.8. The van der Waals surface area contributed by atoms with Gasteiger partial charge in [0.15, 0.2) is 0 Å². The molecule has 2 N–H and O–H groups in total. The molecule has 0 spiro atoms. The second kappa shape index (κ2) is 14.6. The molecule has 3 aromatic rings. The highest BCUT2D eigenvalue weighted by atomic mass is 35.5. The third kappa shape index (κ3) is 8.24. The van der Waals surface area contributed by atoms with Gasteiger partial charge in [-0.3, -0.25) is 14.6 Å². The van der Waals surface area contributed by atoms with Crippen molar-refractivity contribution in [3.05, 3.63) is 59.7 Å². The lowest BCUT2D eigenvalue weighted by Crippen LogP contribution is -2.56. The van der Waals surface area contributed by atoms with Gasteiger partial charge in [0, 0.05) is 55.9 Å². The van der Waals surface area contributed by atoms with Gasteiger partial charge in [-0.1, -0.05) is 17.7 Å². The Bertz CT molecular complexity index is 1580. The number of nitrogens with zero attached hydrogens (tertiary/aromatic N) is 4. The van der Waals surface area contributed by atoms with E-state index < -0.39 is 23.8 Å². The zero-order chi connectivity index (χ0) is 31.9. The first kappa shape index (κ1) is 32.1. The summed E-state index contributed by atoms with van der Waals surface area (Å²) in [7, 11) is 2.47. The van der Waals surface area contributed by atoms with Crippen LogP contribution < -0.4 is 15.4 Å². The van der Waals surface area contributed by atoms with Crippen molar-refractivity contribution in [3.63, 3.8) is 0 Å². The van der Waals surface area contributed by atoms with Crippen LogP contribution in [0.5, 0.6) is 5.75 Å². The number of ether oxygens (including phenoxy) is 3. The van der Waals surface area contributed by atoms with E-state index in [1.165, 1.54) is 38.8 Å². The number of benzene rings is 2. The van der Waals surface area contributed by atoms with Crippen LogP contribution in [0.25, 0.3) is 10.9 Å². The molecule has 2 aliphatic rings. The molecule has 0 unspecified atom stereocenters. The SMILES string of the molecule is COC(=O)C(C(=O)OC)N1CCN(C/C=C/C(=O)Nc2cc3c(Nc4ccc(F)c(Cl)c4)ncnc3cc2OCC2CC2)CC1. The van der Waals surface area contributed by atoms with Crippen LogP contribution in [0.3, 0.4) is 0 Å². The van der Waals surface area contributed by atoms with Gasteiger partial charge < -0.3 is 24.8 Å². The Morgan fingerprint density at radius 2 is 1.80 bits per heavy atom. The Morgan fingerprint density at radius 1 is 1.07 bits per heavy atom. The summed E-state index contributed by atoms with van der Waals surface area (Å²) in [5.74, 6) is -0.761. The molecule has 1 aliphatic carbocycles. The molecule has 45 heavy (non-hydrogen) atoms. The Morgan fingerprint density at radius 3 is 2.47 bits per heavy atom. The van der Waals surface area contributed by atoms with Crippen molar-refractivity contribution in [3.8, 4) is 5.75 Å². The summed E-state index contributed by atoms with van der Waals surface area (Å²) in [4.78, 5) is 49.8. The normalized spacial score (nSPS) is 15.8. The first-order chi connectivity index (χ1) is 21.7. The highest BCUT2D eigenvalue weighted by Crippen LogP contribution is 2.36. The van der Waals surface area contributed by atoms with Crippen molar-refractivity contribution in [1.82, 2.24) is 19.8 Å². The fraction of sp³-hybridized carbons (Fsp3) is 0.387. The highest BCUT2D eigenvalue weighted by Gasteiger charge is 2.36. The first-order valence-electron chi connectivity index (χ1n) is 14.5. The molecule has 0 atom stereocenters. The largest absolute Gasteiger partial charge is 0.491 e. The molecular weight excluding hydrogens is 607 g/mol. The van der Waals surface area contributed by atoms with E-state index in [4.69, 9.17) is 25.8 Å². The Labute approximate surface area is 264 Å². The second-order valence-corrected chi connectivity index (χ2v) is 11.2. The number of anilines is 3. The van der Waals surface area contributed by atoms with E-state index in [2.05, 4.69) is 25.5 Å². The Hall–Kier alpha value is -4.33. The summed E-state index contributed by atoms with van der Waals surface area (Å²) in [6, 6.07) is 6.67. The molecule has 238 valence electrons. The average Bonchev–Trinajstić information content (AvgIpc) is 3.87. The van der Waals surface area contributed by atoms with Crippen molar-refractivity contribution in [2.24, 2.45) is 5.92 Å². The van der Waals surface area contributed by atoms with Crippen LogP contribution in [0.4, 0.5) is 21.6 Å². The van der Waals surface area contributed by atoms with E-state index in [0.717, 1.165) is 12.8 Å². The van der Waals surface area contributed by atoms with Crippen LogP contribution in [0.1, 0.15) is 12.8 Å². The summed E-state index contributed by atoms with van der Waals surface area (Å²) < 4.78 is 29.3. The van der Waals surface area contributed by atoms with Gasteiger partial charge in [-0.05, 0) is 43.0 Å². The van der Waals surface area contributed by atoms with Crippen molar-refractivity contribution >= 4 is 57.5 Å². The molecule has 1 saturated heterocycles. The van der Waals surface area contributed by atoms with Crippen molar-refractivity contribution < 1.29 is 33.0 Å². The van der Waals surface area contributed by atoms with E-state index in [-0.39, 0.29) is 10.9 Å². The molecule has 2 fully saturated rings. The van der Waals surface area contributed by atoms with Crippen LogP contribution >= 0.6 is 11.6 Å². The number of carbonyl (C=O) groups excluding carboxylic acids is 3. The lowest BCUT2D eigenvalue weighted by atomic mass is 10.1. The summed E-state index contributed by atoms with van der Waals surface area (Å²) in [6.07, 6.45) is 6.83. The summed E-state index contributed by atoms with van der Waals surface area (Å²) in [5.41, 5.74) is 1.59. The van der Waals surface area contributed by atoms with Crippen LogP contribution in [0.2, 0.25) is 5.02 Å². The third-order valence-corrected chi connectivity index (χ3v) is 7.89. The Balaban J connectivity index is 1.25. The lowest BCUT2D eigenvalue weighted by molar-refractivity contribution is -0.161. The van der Waals surface area contributed by atoms with Gasteiger partial charge in [0.25, 0.3) is 0 Å². The predicted octanol–water partition coefficient (Wildman–Crippen LogP) is 3.78. The maximum Gasteiger partial charge on any atom is 0.334 e.